The fraction of sp³-hybridized carbons (Fsp3) is 0.471. The van der Waals surface area contributed by atoms with E-state index in [4.69, 9.17) is 4.74 Å². The molecule has 2 rings (SSSR count). The number of carbonyl (C=O) groups is 1. The Labute approximate surface area is 141 Å². The van der Waals surface area contributed by atoms with Crippen LogP contribution in [0.2, 0.25) is 0 Å². The largest absolute Gasteiger partial charge is 0.494 e. The summed E-state index contributed by atoms with van der Waals surface area (Å²) < 4.78 is 7.49. The third-order valence-corrected chi connectivity index (χ3v) is 3.77. The predicted octanol–water partition coefficient (Wildman–Crippen LogP) is 1.65. The minimum atomic E-state index is -0.698. The number of hydrogen-bond acceptors (Lipinski definition) is 5. The van der Waals surface area contributed by atoms with Crippen molar-refractivity contribution in [2.75, 3.05) is 20.2 Å². The molecule has 1 aromatic carbocycles. The van der Waals surface area contributed by atoms with Crippen molar-refractivity contribution >= 4 is 5.91 Å². The molecule has 0 unspecified atom stereocenters. The van der Waals surface area contributed by atoms with Gasteiger partial charge in [0, 0.05) is 20.5 Å². The van der Waals surface area contributed by atoms with Crippen molar-refractivity contribution in [2.45, 2.75) is 32.4 Å². The van der Waals surface area contributed by atoms with Gasteiger partial charge in [0.05, 0.1) is 19.3 Å². The van der Waals surface area contributed by atoms with Crippen LogP contribution in [0.15, 0.2) is 36.9 Å². The summed E-state index contributed by atoms with van der Waals surface area (Å²) in [5.74, 6) is 0.700. The highest BCUT2D eigenvalue weighted by molar-refractivity contribution is 5.72. The number of aromatic nitrogens is 3. The number of nitrogens with zero attached hydrogens (tertiary/aromatic N) is 4. The van der Waals surface area contributed by atoms with Gasteiger partial charge in [-0.1, -0.05) is 12.1 Å². The Morgan fingerprint density at radius 3 is 2.71 bits per heavy atom. The van der Waals surface area contributed by atoms with Crippen LogP contribution >= 0.6 is 0 Å². The third-order valence-electron chi connectivity index (χ3n) is 3.77. The Morgan fingerprint density at radius 2 is 2.08 bits per heavy atom. The van der Waals surface area contributed by atoms with E-state index in [2.05, 4.69) is 10.1 Å². The predicted molar refractivity (Wildman–Crippen MR) is 89.5 cm³/mol. The Balaban J connectivity index is 1.70. The zero-order chi connectivity index (χ0) is 17.4. The maximum atomic E-state index is 11.2. The van der Waals surface area contributed by atoms with E-state index in [0.717, 1.165) is 30.7 Å². The van der Waals surface area contributed by atoms with E-state index < -0.39 is 6.10 Å². The van der Waals surface area contributed by atoms with Crippen molar-refractivity contribution < 1.29 is 14.6 Å². The number of unbranched alkanes of at least 4 members (excludes halogenated alkanes) is 1. The number of aryl methyl sites for hydroxylation is 1. The average Bonchev–Trinajstić information content (AvgIpc) is 3.08. The molecule has 0 spiro atoms. The van der Waals surface area contributed by atoms with Crippen LogP contribution in [0.25, 0.3) is 0 Å². The monoisotopic (exact) mass is 332 g/mol. The van der Waals surface area contributed by atoms with Crippen molar-refractivity contribution in [3.05, 3.63) is 42.5 Å². The SMILES string of the molecule is CC(=O)N(C)C[C@H](O)c1ccc(OCCCCn2cncn2)cc1. The van der Waals surface area contributed by atoms with Crippen LogP contribution in [0.4, 0.5) is 0 Å². The molecule has 0 aliphatic carbocycles. The summed E-state index contributed by atoms with van der Waals surface area (Å²) in [5.41, 5.74) is 0.765. The Bertz CT molecular complexity index is 613. The zero-order valence-corrected chi connectivity index (χ0v) is 14.1. The normalized spacial score (nSPS) is 12.0. The van der Waals surface area contributed by atoms with Crippen molar-refractivity contribution in [2.24, 2.45) is 0 Å². The van der Waals surface area contributed by atoms with Gasteiger partial charge in [0.1, 0.15) is 18.4 Å². The number of rotatable bonds is 9. The molecule has 0 aliphatic heterocycles. The molecular weight excluding hydrogens is 308 g/mol. The van der Waals surface area contributed by atoms with Crippen LogP contribution in [-0.4, -0.2) is 50.9 Å². The molecule has 1 N–H and O–H groups in total. The van der Waals surface area contributed by atoms with Gasteiger partial charge in [-0.15, -0.1) is 0 Å². The van der Waals surface area contributed by atoms with Crippen LogP contribution in [0, 0.1) is 0 Å². The fourth-order valence-corrected chi connectivity index (χ4v) is 2.19. The molecule has 2 aromatic rings. The maximum absolute atomic E-state index is 11.2. The molecule has 7 nitrogen and oxygen atoms in total. The lowest BCUT2D eigenvalue weighted by atomic mass is 10.1. The van der Waals surface area contributed by atoms with Gasteiger partial charge in [0.25, 0.3) is 0 Å². The molecule has 1 aromatic heterocycles. The number of ether oxygens (including phenoxy) is 1. The van der Waals surface area contributed by atoms with Crippen LogP contribution in [0.1, 0.15) is 31.4 Å². The molecule has 0 fully saturated rings. The number of amides is 1. The first kappa shape index (κ1) is 17.9. The van der Waals surface area contributed by atoms with Crippen molar-refractivity contribution in [3.8, 4) is 5.75 Å². The topological polar surface area (TPSA) is 80.5 Å². The number of carbonyl (C=O) groups excluding carboxylic acids is 1. The molecule has 1 amide bonds. The molecule has 0 aliphatic rings. The summed E-state index contributed by atoms with van der Waals surface area (Å²) in [6.45, 7) is 3.21. The quantitative estimate of drug-likeness (QED) is 0.706. The number of aliphatic hydroxyl groups is 1. The second kappa shape index (κ2) is 9.02. The summed E-state index contributed by atoms with van der Waals surface area (Å²) in [6, 6.07) is 7.32. The highest BCUT2D eigenvalue weighted by atomic mass is 16.5. The van der Waals surface area contributed by atoms with Gasteiger partial charge in [0.15, 0.2) is 0 Å². The molecule has 1 atom stereocenters. The van der Waals surface area contributed by atoms with Gasteiger partial charge in [-0.3, -0.25) is 9.48 Å². The minimum absolute atomic E-state index is 0.0695. The van der Waals surface area contributed by atoms with Gasteiger partial charge in [-0.05, 0) is 30.5 Å². The third kappa shape index (κ3) is 5.66. The van der Waals surface area contributed by atoms with E-state index in [-0.39, 0.29) is 12.5 Å². The molecule has 130 valence electrons. The summed E-state index contributed by atoms with van der Waals surface area (Å²) in [7, 11) is 1.67. The van der Waals surface area contributed by atoms with Crippen LogP contribution in [0.3, 0.4) is 0 Å². The summed E-state index contributed by atoms with van der Waals surface area (Å²) >= 11 is 0. The van der Waals surface area contributed by atoms with Gasteiger partial charge >= 0.3 is 0 Å². The maximum Gasteiger partial charge on any atom is 0.219 e. The standard InChI is InChI=1S/C17H24N4O3/c1-14(22)20(2)11-17(23)15-5-7-16(8-6-15)24-10-4-3-9-21-13-18-12-19-21/h5-8,12-13,17,23H,3-4,9-11H2,1-2H3/t17-/m0/s1. The number of hydrogen-bond donors (Lipinski definition) is 1. The van der Waals surface area contributed by atoms with E-state index in [1.54, 1.807) is 18.1 Å². The second-order valence-corrected chi connectivity index (χ2v) is 5.70. The number of aliphatic hydroxyl groups excluding tert-OH is 1. The van der Waals surface area contributed by atoms with Crippen LogP contribution in [-0.2, 0) is 11.3 Å². The fourth-order valence-electron chi connectivity index (χ4n) is 2.19. The van der Waals surface area contributed by atoms with Crippen molar-refractivity contribution in [1.29, 1.82) is 0 Å². The van der Waals surface area contributed by atoms with E-state index in [0.29, 0.717) is 6.61 Å². The Morgan fingerprint density at radius 1 is 1.33 bits per heavy atom. The molecule has 1 heterocycles. The second-order valence-electron chi connectivity index (χ2n) is 5.70. The van der Waals surface area contributed by atoms with Gasteiger partial charge in [-0.25, -0.2) is 4.98 Å². The lowest BCUT2D eigenvalue weighted by Gasteiger charge is -2.19. The summed E-state index contributed by atoms with van der Waals surface area (Å²) in [6.07, 6.45) is 4.43. The highest BCUT2D eigenvalue weighted by Crippen LogP contribution is 2.18. The highest BCUT2D eigenvalue weighted by Gasteiger charge is 2.12. The van der Waals surface area contributed by atoms with Crippen molar-refractivity contribution in [3.63, 3.8) is 0 Å². The lowest BCUT2D eigenvalue weighted by Crippen LogP contribution is -2.28. The Kier molecular flexibility index (Phi) is 6.74. The van der Waals surface area contributed by atoms with E-state index in [1.807, 2.05) is 24.3 Å². The van der Waals surface area contributed by atoms with Gasteiger partial charge in [-0.2, -0.15) is 5.10 Å². The molecular formula is C17H24N4O3. The molecule has 0 saturated carbocycles. The van der Waals surface area contributed by atoms with Gasteiger partial charge in [0.2, 0.25) is 5.91 Å². The average molecular weight is 332 g/mol. The molecule has 7 heteroatoms. The summed E-state index contributed by atoms with van der Waals surface area (Å²) in [5, 5.41) is 14.2. The molecule has 0 radical (unpaired) electrons. The smallest absolute Gasteiger partial charge is 0.219 e. The lowest BCUT2D eigenvalue weighted by molar-refractivity contribution is -0.128. The van der Waals surface area contributed by atoms with Crippen molar-refractivity contribution in [1.82, 2.24) is 19.7 Å². The number of likely N-dealkylation sites (N-methyl/N-ethyl adjacent to an activating group) is 1. The van der Waals surface area contributed by atoms with E-state index >= 15 is 0 Å². The van der Waals surface area contributed by atoms with E-state index in [1.165, 1.54) is 18.2 Å². The zero-order valence-electron chi connectivity index (χ0n) is 14.1. The first-order valence-electron chi connectivity index (χ1n) is 8.01. The van der Waals surface area contributed by atoms with Crippen LogP contribution in [0.5, 0.6) is 5.75 Å². The number of benzene rings is 1. The first-order valence-corrected chi connectivity index (χ1v) is 8.01. The van der Waals surface area contributed by atoms with Gasteiger partial charge < -0.3 is 14.7 Å². The molecule has 0 bridgehead atoms. The molecule has 0 saturated heterocycles. The van der Waals surface area contributed by atoms with Crippen LogP contribution < -0.4 is 4.74 Å². The Hall–Kier alpha value is -2.41. The van der Waals surface area contributed by atoms with E-state index in [9.17, 15) is 9.90 Å². The minimum Gasteiger partial charge on any atom is -0.494 e. The summed E-state index contributed by atoms with van der Waals surface area (Å²) in [4.78, 5) is 16.6. The first-order chi connectivity index (χ1) is 11.6. The molecule has 24 heavy (non-hydrogen) atoms.